The Labute approximate surface area is 138 Å². The molecule has 0 saturated heterocycles. The van der Waals surface area contributed by atoms with Crippen molar-refractivity contribution in [3.05, 3.63) is 58.1 Å². The van der Waals surface area contributed by atoms with Gasteiger partial charge >= 0.3 is 6.18 Å². The smallest absolute Gasteiger partial charge is 0.166 e. The van der Waals surface area contributed by atoms with Gasteiger partial charge in [0.15, 0.2) is 0 Å². The molecule has 24 heavy (non-hydrogen) atoms. The molecule has 0 radical (unpaired) electrons. The molecule has 0 atom stereocenters. The summed E-state index contributed by atoms with van der Waals surface area (Å²) in [7, 11) is 0. The first-order chi connectivity index (χ1) is 11.2. The highest BCUT2D eigenvalue weighted by Gasteiger charge is 2.37. The summed E-state index contributed by atoms with van der Waals surface area (Å²) in [5.74, 6) is 0. The van der Waals surface area contributed by atoms with Crippen LogP contribution in [0.15, 0.2) is 30.3 Å². The van der Waals surface area contributed by atoms with Crippen molar-refractivity contribution in [3.63, 3.8) is 0 Å². The van der Waals surface area contributed by atoms with Gasteiger partial charge in [0.1, 0.15) is 0 Å². The van der Waals surface area contributed by atoms with Gasteiger partial charge in [-0.3, -0.25) is 0 Å². The third kappa shape index (κ3) is 1.81. The molecule has 0 spiro atoms. The van der Waals surface area contributed by atoms with Crippen molar-refractivity contribution >= 4 is 10.8 Å². The lowest BCUT2D eigenvalue weighted by atomic mass is 9.89. The van der Waals surface area contributed by atoms with Crippen LogP contribution in [0.3, 0.4) is 0 Å². The number of halogens is 3. The van der Waals surface area contributed by atoms with Crippen molar-refractivity contribution in [3.8, 4) is 22.3 Å². The highest BCUT2D eigenvalue weighted by atomic mass is 19.4. The van der Waals surface area contributed by atoms with Crippen LogP contribution in [0.4, 0.5) is 13.2 Å². The standard InChI is InChI=1S/C21H17F3/c1-10-5-7-14-8-6-11(2)17-19-13(4)15(21(22,23)24)9-12(3)18(19)16(10)20(14)17/h5-9H,1-4H3. The first-order valence-electron chi connectivity index (χ1n) is 7.97. The molecule has 1 aliphatic carbocycles. The summed E-state index contributed by atoms with van der Waals surface area (Å²) in [5, 5.41) is 2.18. The summed E-state index contributed by atoms with van der Waals surface area (Å²) in [6, 6.07) is 9.46. The summed E-state index contributed by atoms with van der Waals surface area (Å²) in [4.78, 5) is 0. The fourth-order valence-corrected chi connectivity index (χ4v) is 4.12. The van der Waals surface area contributed by atoms with Gasteiger partial charge < -0.3 is 0 Å². The predicted octanol–water partition coefficient (Wildman–Crippen LogP) is 6.74. The number of rotatable bonds is 0. The second kappa shape index (κ2) is 4.62. The second-order valence-corrected chi connectivity index (χ2v) is 6.73. The van der Waals surface area contributed by atoms with Gasteiger partial charge in [0.25, 0.3) is 0 Å². The molecular weight excluding hydrogens is 309 g/mol. The molecule has 0 amide bonds. The number of hydrogen-bond donors (Lipinski definition) is 0. The first kappa shape index (κ1) is 15.3. The lowest BCUT2D eigenvalue weighted by Gasteiger charge is -2.18. The Morgan fingerprint density at radius 1 is 0.667 bits per heavy atom. The Balaban J connectivity index is 2.27. The second-order valence-electron chi connectivity index (χ2n) is 6.73. The number of hydrogen-bond acceptors (Lipinski definition) is 0. The summed E-state index contributed by atoms with van der Waals surface area (Å²) in [5.41, 5.74) is 6.40. The molecule has 0 bridgehead atoms. The van der Waals surface area contributed by atoms with Crippen molar-refractivity contribution in [1.82, 2.24) is 0 Å². The van der Waals surface area contributed by atoms with Gasteiger partial charge in [-0.1, -0.05) is 24.3 Å². The minimum Gasteiger partial charge on any atom is -0.166 e. The third-order valence-corrected chi connectivity index (χ3v) is 5.19. The monoisotopic (exact) mass is 326 g/mol. The minimum atomic E-state index is -4.34. The summed E-state index contributed by atoms with van der Waals surface area (Å²) in [6.07, 6.45) is -4.34. The molecule has 0 aliphatic heterocycles. The largest absolute Gasteiger partial charge is 0.416 e. The van der Waals surface area contributed by atoms with E-state index in [1.807, 2.05) is 19.9 Å². The predicted molar refractivity (Wildman–Crippen MR) is 92.3 cm³/mol. The average molecular weight is 326 g/mol. The highest BCUT2D eigenvalue weighted by molar-refractivity contribution is 6.18. The topological polar surface area (TPSA) is 0 Å². The Hall–Kier alpha value is -2.29. The van der Waals surface area contributed by atoms with E-state index in [0.717, 1.165) is 44.2 Å². The van der Waals surface area contributed by atoms with E-state index >= 15 is 0 Å². The molecule has 0 nitrogen and oxygen atoms in total. The molecule has 0 fully saturated rings. The molecule has 0 heterocycles. The van der Waals surface area contributed by atoms with Crippen LogP contribution >= 0.6 is 0 Å². The molecule has 122 valence electrons. The molecule has 0 saturated carbocycles. The van der Waals surface area contributed by atoms with Gasteiger partial charge in [0.05, 0.1) is 5.56 Å². The summed E-state index contributed by atoms with van der Waals surface area (Å²) >= 11 is 0. The Morgan fingerprint density at radius 3 is 1.75 bits per heavy atom. The molecule has 3 heteroatoms. The maximum atomic E-state index is 13.5. The van der Waals surface area contributed by atoms with Crippen LogP contribution < -0.4 is 0 Å². The van der Waals surface area contributed by atoms with Crippen molar-refractivity contribution in [1.29, 1.82) is 0 Å². The number of aryl methyl sites for hydroxylation is 3. The van der Waals surface area contributed by atoms with E-state index in [0.29, 0.717) is 11.1 Å². The fraction of sp³-hybridized carbons (Fsp3) is 0.238. The maximum Gasteiger partial charge on any atom is 0.416 e. The van der Waals surface area contributed by atoms with E-state index in [-0.39, 0.29) is 0 Å². The lowest BCUT2D eigenvalue weighted by molar-refractivity contribution is -0.138. The quantitative estimate of drug-likeness (QED) is 0.336. The molecule has 4 rings (SSSR count). The Kier molecular flexibility index (Phi) is 2.94. The van der Waals surface area contributed by atoms with Gasteiger partial charge in [-0.15, -0.1) is 0 Å². The Bertz CT molecular complexity index is 1020. The summed E-state index contributed by atoms with van der Waals surface area (Å²) < 4.78 is 40.5. The van der Waals surface area contributed by atoms with Crippen LogP contribution in [0.25, 0.3) is 33.0 Å². The Morgan fingerprint density at radius 2 is 1.21 bits per heavy atom. The van der Waals surface area contributed by atoms with Crippen LogP contribution in [0.2, 0.25) is 0 Å². The van der Waals surface area contributed by atoms with Crippen molar-refractivity contribution in [2.45, 2.75) is 33.9 Å². The number of benzene rings is 3. The van der Waals surface area contributed by atoms with Gasteiger partial charge in [-0.2, -0.15) is 13.2 Å². The molecular formula is C21H17F3. The fourth-order valence-electron chi connectivity index (χ4n) is 4.12. The minimum absolute atomic E-state index is 0.328. The van der Waals surface area contributed by atoms with Gasteiger partial charge in [0, 0.05) is 0 Å². The molecule has 1 aliphatic rings. The van der Waals surface area contributed by atoms with Gasteiger partial charge in [-0.25, -0.2) is 0 Å². The third-order valence-electron chi connectivity index (χ3n) is 5.19. The van der Waals surface area contributed by atoms with Crippen LogP contribution in [0.5, 0.6) is 0 Å². The van der Waals surface area contributed by atoms with Crippen molar-refractivity contribution in [2.75, 3.05) is 0 Å². The van der Waals surface area contributed by atoms with Crippen LogP contribution in [-0.4, -0.2) is 0 Å². The number of alkyl halides is 3. The van der Waals surface area contributed by atoms with E-state index in [1.165, 1.54) is 6.07 Å². The zero-order valence-electron chi connectivity index (χ0n) is 14.0. The van der Waals surface area contributed by atoms with E-state index in [1.54, 1.807) is 13.8 Å². The average Bonchev–Trinajstić information content (AvgIpc) is 2.87. The van der Waals surface area contributed by atoms with Crippen LogP contribution in [0, 0.1) is 27.7 Å². The van der Waals surface area contributed by atoms with E-state index in [9.17, 15) is 13.2 Å². The lowest BCUT2D eigenvalue weighted by Crippen LogP contribution is -2.09. The SMILES string of the molecule is Cc1cc(C(F)(F)F)c(C)c2c1-c1c(C)ccc3ccc(C)c-2c13. The molecule has 0 N–H and O–H groups in total. The van der Waals surface area contributed by atoms with Crippen LogP contribution in [0.1, 0.15) is 27.8 Å². The first-order valence-corrected chi connectivity index (χ1v) is 7.97. The molecule has 0 aromatic heterocycles. The highest BCUT2D eigenvalue weighted by Crippen LogP contribution is 2.54. The zero-order valence-corrected chi connectivity index (χ0v) is 14.0. The van der Waals surface area contributed by atoms with Gasteiger partial charge in [0.2, 0.25) is 0 Å². The molecule has 0 unspecified atom stereocenters. The zero-order chi connectivity index (χ0) is 17.4. The molecule has 3 aromatic rings. The van der Waals surface area contributed by atoms with Crippen molar-refractivity contribution < 1.29 is 13.2 Å². The number of fused-ring (bicyclic) bond motifs is 3. The van der Waals surface area contributed by atoms with E-state index < -0.39 is 11.7 Å². The summed E-state index contributed by atoms with van der Waals surface area (Å²) in [6.45, 7) is 7.39. The van der Waals surface area contributed by atoms with Crippen LogP contribution in [-0.2, 0) is 6.18 Å². The normalized spacial score (nSPS) is 12.8. The van der Waals surface area contributed by atoms with E-state index in [4.69, 9.17) is 0 Å². The van der Waals surface area contributed by atoms with E-state index in [2.05, 4.69) is 18.2 Å². The van der Waals surface area contributed by atoms with Gasteiger partial charge in [-0.05, 0) is 89.0 Å². The van der Waals surface area contributed by atoms with Crippen molar-refractivity contribution in [2.24, 2.45) is 0 Å². The maximum absolute atomic E-state index is 13.5. The molecule has 3 aromatic carbocycles.